The Kier molecular flexibility index (Phi) is 3.78. The second kappa shape index (κ2) is 5.86. The van der Waals surface area contributed by atoms with Gasteiger partial charge < -0.3 is 5.32 Å². The molecule has 6 nitrogen and oxygen atoms in total. The lowest BCUT2D eigenvalue weighted by molar-refractivity contribution is -0.139. The zero-order valence-electron chi connectivity index (χ0n) is 14.3. The molecule has 4 rings (SSSR count). The maximum absolute atomic E-state index is 12.8. The number of carbonyl (C=O) groups is 3. The molecule has 0 aromatic heterocycles. The van der Waals surface area contributed by atoms with Crippen LogP contribution in [0.3, 0.4) is 0 Å². The smallest absolute Gasteiger partial charge is 0.318 e. The van der Waals surface area contributed by atoms with Crippen LogP contribution < -0.4 is 10.7 Å². The molecule has 132 valence electrons. The molecule has 4 atom stereocenters. The summed E-state index contributed by atoms with van der Waals surface area (Å²) in [6, 6.07) is 8.48. The van der Waals surface area contributed by atoms with Gasteiger partial charge in [0, 0.05) is 6.42 Å². The van der Waals surface area contributed by atoms with E-state index < -0.39 is 17.5 Å². The van der Waals surface area contributed by atoms with Crippen molar-refractivity contribution in [3.63, 3.8) is 0 Å². The fourth-order valence-electron chi connectivity index (χ4n) is 4.74. The van der Waals surface area contributed by atoms with Gasteiger partial charge in [-0.05, 0) is 49.5 Å². The average Bonchev–Trinajstić information content (AvgIpc) is 3.27. The van der Waals surface area contributed by atoms with E-state index >= 15 is 0 Å². The van der Waals surface area contributed by atoms with Gasteiger partial charge in [-0.3, -0.25) is 15.0 Å². The molecule has 2 aliphatic carbocycles. The van der Waals surface area contributed by atoms with Crippen molar-refractivity contribution >= 4 is 17.8 Å². The van der Waals surface area contributed by atoms with E-state index in [-0.39, 0.29) is 5.91 Å². The van der Waals surface area contributed by atoms with E-state index in [1.54, 1.807) is 19.1 Å². The summed E-state index contributed by atoms with van der Waals surface area (Å²) in [4.78, 5) is 37.4. The maximum Gasteiger partial charge on any atom is 0.344 e. The Morgan fingerprint density at radius 2 is 2.00 bits per heavy atom. The number of fused-ring (bicyclic) bond motifs is 2. The molecule has 1 heterocycles. The normalized spacial score (nSPS) is 33.6. The summed E-state index contributed by atoms with van der Waals surface area (Å²) in [6.45, 7) is 1.66. The van der Waals surface area contributed by atoms with Crippen molar-refractivity contribution in [1.82, 2.24) is 15.8 Å². The van der Waals surface area contributed by atoms with Crippen molar-refractivity contribution in [1.29, 1.82) is 0 Å². The molecule has 0 spiro atoms. The summed E-state index contributed by atoms with van der Waals surface area (Å²) < 4.78 is 0. The van der Waals surface area contributed by atoms with Gasteiger partial charge in [0.05, 0.1) is 0 Å². The molecule has 6 heteroatoms. The molecule has 3 fully saturated rings. The second-order valence-electron chi connectivity index (χ2n) is 7.74. The fourth-order valence-corrected chi connectivity index (χ4v) is 4.74. The zero-order valence-corrected chi connectivity index (χ0v) is 14.3. The number of nitrogens with zero attached hydrogens (tertiary/aromatic N) is 1. The van der Waals surface area contributed by atoms with Crippen LogP contribution >= 0.6 is 0 Å². The van der Waals surface area contributed by atoms with Gasteiger partial charge in [0.25, 0.3) is 5.91 Å². The van der Waals surface area contributed by atoms with Crippen LogP contribution in [0.1, 0.15) is 44.6 Å². The van der Waals surface area contributed by atoms with Gasteiger partial charge >= 0.3 is 6.03 Å². The highest BCUT2D eigenvalue weighted by molar-refractivity contribution is 6.08. The zero-order chi connectivity index (χ0) is 17.6. The highest BCUT2D eigenvalue weighted by Gasteiger charge is 2.50. The average molecular weight is 341 g/mol. The largest absolute Gasteiger partial charge is 0.344 e. The molecule has 2 saturated carbocycles. The number of hydrogen-bond donors (Lipinski definition) is 2. The van der Waals surface area contributed by atoms with Crippen LogP contribution in [0.25, 0.3) is 0 Å². The lowest BCUT2D eigenvalue weighted by atomic mass is 9.86. The summed E-state index contributed by atoms with van der Waals surface area (Å²) >= 11 is 0. The maximum atomic E-state index is 12.8. The molecule has 3 aliphatic rings. The van der Waals surface area contributed by atoms with Crippen LogP contribution in [-0.4, -0.2) is 22.9 Å². The summed E-state index contributed by atoms with van der Waals surface area (Å²) in [5.41, 5.74) is 2.06. The minimum atomic E-state index is -1.15. The van der Waals surface area contributed by atoms with E-state index in [4.69, 9.17) is 0 Å². The number of hydrazine groups is 1. The van der Waals surface area contributed by atoms with Crippen LogP contribution in [0.4, 0.5) is 4.79 Å². The molecule has 1 saturated heterocycles. The van der Waals surface area contributed by atoms with Crippen molar-refractivity contribution in [3.8, 4) is 0 Å². The predicted octanol–water partition coefficient (Wildman–Crippen LogP) is 2.31. The Morgan fingerprint density at radius 3 is 2.64 bits per heavy atom. The number of benzene rings is 1. The Morgan fingerprint density at radius 1 is 1.24 bits per heavy atom. The molecule has 0 unspecified atom stereocenters. The number of nitrogens with one attached hydrogen (secondary N) is 2. The second-order valence-corrected chi connectivity index (χ2v) is 7.74. The number of imide groups is 1. The van der Waals surface area contributed by atoms with Crippen molar-refractivity contribution in [2.75, 3.05) is 0 Å². The number of amides is 4. The van der Waals surface area contributed by atoms with Crippen molar-refractivity contribution in [2.24, 2.45) is 17.8 Å². The van der Waals surface area contributed by atoms with Crippen LogP contribution in [0.15, 0.2) is 30.3 Å². The van der Waals surface area contributed by atoms with E-state index in [9.17, 15) is 14.4 Å². The first-order chi connectivity index (χ1) is 12.0. The van der Waals surface area contributed by atoms with Gasteiger partial charge in [-0.1, -0.05) is 36.8 Å². The molecule has 1 aromatic carbocycles. The Hall–Kier alpha value is -2.37. The standard InChI is InChI=1S/C19H23N3O3/c1-19(15-5-3-2-4-6-15)17(24)22(18(25)20-19)21-16(23)11-14-10-12-7-8-13(14)9-12/h2-6,12-14H,7-11H2,1H3,(H,20,25)(H,21,23)/t12-,13-,14+,19-/m0/s1. The van der Waals surface area contributed by atoms with Crippen molar-refractivity contribution in [3.05, 3.63) is 35.9 Å². The molecular formula is C19H23N3O3. The van der Waals surface area contributed by atoms with E-state index in [1.807, 2.05) is 18.2 Å². The molecule has 25 heavy (non-hydrogen) atoms. The number of hydrogen-bond acceptors (Lipinski definition) is 3. The van der Waals surface area contributed by atoms with Crippen LogP contribution in [0, 0.1) is 17.8 Å². The van der Waals surface area contributed by atoms with E-state index in [0.717, 1.165) is 17.3 Å². The summed E-state index contributed by atoms with van der Waals surface area (Å²) in [7, 11) is 0. The van der Waals surface area contributed by atoms with Crippen LogP contribution in [0.2, 0.25) is 0 Å². The third-order valence-corrected chi connectivity index (χ3v) is 6.11. The van der Waals surface area contributed by atoms with Gasteiger partial charge in [0.1, 0.15) is 5.54 Å². The highest BCUT2D eigenvalue weighted by Crippen LogP contribution is 2.49. The van der Waals surface area contributed by atoms with Crippen LogP contribution in [-0.2, 0) is 15.1 Å². The number of carbonyl (C=O) groups excluding carboxylic acids is 3. The monoisotopic (exact) mass is 341 g/mol. The Bertz CT molecular complexity index is 720. The molecule has 2 bridgehead atoms. The summed E-state index contributed by atoms with van der Waals surface area (Å²) in [5, 5.41) is 3.53. The van der Waals surface area contributed by atoms with Gasteiger partial charge in [-0.25, -0.2) is 4.79 Å². The third-order valence-electron chi connectivity index (χ3n) is 6.11. The quantitative estimate of drug-likeness (QED) is 0.825. The van der Waals surface area contributed by atoms with Gasteiger partial charge in [0.15, 0.2) is 0 Å². The van der Waals surface area contributed by atoms with E-state index in [0.29, 0.717) is 23.8 Å². The number of rotatable bonds is 4. The highest BCUT2D eigenvalue weighted by atomic mass is 16.2. The predicted molar refractivity (Wildman–Crippen MR) is 90.9 cm³/mol. The lowest BCUT2D eigenvalue weighted by Gasteiger charge is -2.23. The Balaban J connectivity index is 1.43. The third kappa shape index (κ3) is 2.69. The summed E-state index contributed by atoms with van der Waals surface area (Å²) in [5.74, 6) is 1.08. The minimum absolute atomic E-state index is 0.252. The van der Waals surface area contributed by atoms with Gasteiger partial charge in [0.2, 0.25) is 5.91 Å². The molecule has 4 amide bonds. The van der Waals surface area contributed by atoms with Crippen molar-refractivity contribution in [2.45, 2.75) is 44.6 Å². The molecule has 0 radical (unpaired) electrons. The summed E-state index contributed by atoms with van der Waals surface area (Å²) in [6.07, 6.45) is 5.20. The van der Waals surface area contributed by atoms with Gasteiger partial charge in [-0.15, -0.1) is 0 Å². The molecule has 1 aliphatic heterocycles. The molecule has 1 aromatic rings. The van der Waals surface area contributed by atoms with E-state index in [2.05, 4.69) is 10.7 Å². The first-order valence-corrected chi connectivity index (χ1v) is 8.99. The fraction of sp³-hybridized carbons (Fsp3) is 0.526. The van der Waals surface area contributed by atoms with E-state index in [1.165, 1.54) is 19.3 Å². The van der Waals surface area contributed by atoms with Crippen LogP contribution in [0.5, 0.6) is 0 Å². The molecular weight excluding hydrogens is 318 g/mol. The SMILES string of the molecule is C[C@@]1(c2ccccc2)NC(=O)N(NC(=O)C[C@H]2C[C@H]3CC[C@H]2C3)C1=O. The lowest BCUT2D eigenvalue weighted by Crippen LogP contribution is -2.48. The van der Waals surface area contributed by atoms with Crippen molar-refractivity contribution < 1.29 is 14.4 Å². The molecule has 2 N–H and O–H groups in total. The number of urea groups is 1. The minimum Gasteiger partial charge on any atom is -0.318 e. The Labute approximate surface area is 146 Å². The first kappa shape index (κ1) is 16.1. The van der Waals surface area contributed by atoms with Gasteiger partial charge in [-0.2, -0.15) is 5.01 Å². The topological polar surface area (TPSA) is 78.5 Å². The first-order valence-electron chi connectivity index (χ1n) is 8.99.